The largest absolute Gasteiger partial charge is 0.497 e. The SMILES string of the molecule is CC[C@H](C)NC(=O)[C@@H](C)N(Cc1cccc(OC)c1)C(=O)CN(c1ccc(OCc2ccccc2)cc1)S(C)(=O)=O. The summed E-state index contributed by atoms with van der Waals surface area (Å²) in [5.74, 6) is 0.335. The minimum atomic E-state index is -3.84. The molecular formula is C31H39N3O6S. The average molecular weight is 582 g/mol. The average Bonchev–Trinajstić information content (AvgIpc) is 2.97. The van der Waals surface area contributed by atoms with Gasteiger partial charge in [0.1, 0.15) is 30.7 Å². The molecule has 0 aromatic heterocycles. The smallest absolute Gasteiger partial charge is 0.244 e. The van der Waals surface area contributed by atoms with Gasteiger partial charge in [0.05, 0.1) is 19.1 Å². The lowest BCUT2D eigenvalue weighted by molar-refractivity contribution is -0.139. The van der Waals surface area contributed by atoms with E-state index in [9.17, 15) is 18.0 Å². The van der Waals surface area contributed by atoms with Crippen LogP contribution in [0, 0.1) is 0 Å². The van der Waals surface area contributed by atoms with Gasteiger partial charge in [-0.15, -0.1) is 0 Å². The maximum atomic E-state index is 13.7. The van der Waals surface area contributed by atoms with Crippen molar-refractivity contribution in [2.24, 2.45) is 0 Å². The highest BCUT2D eigenvalue weighted by Crippen LogP contribution is 2.23. The molecule has 0 unspecified atom stereocenters. The Bertz CT molecular complexity index is 1400. The first-order valence-electron chi connectivity index (χ1n) is 13.5. The van der Waals surface area contributed by atoms with Gasteiger partial charge < -0.3 is 19.7 Å². The topological polar surface area (TPSA) is 105 Å². The van der Waals surface area contributed by atoms with Gasteiger partial charge in [0, 0.05) is 12.6 Å². The molecule has 1 N–H and O–H groups in total. The van der Waals surface area contributed by atoms with Gasteiger partial charge in [-0.1, -0.05) is 49.4 Å². The van der Waals surface area contributed by atoms with Crippen LogP contribution in [0.15, 0.2) is 78.9 Å². The molecule has 0 saturated carbocycles. The maximum absolute atomic E-state index is 13.7. The molecule has 220 valence electrons. The second-order valence-electron chi connectivity index (χ2n) is 9.90. The van der Waals surface area contributed by atoms with E-state index in [-0.39, 0.29) is 18.5 Å². The van der Waals surface area contributed by atoms with E-state index >= 15 is 0 Å². The Hall–Kier alpha value is -4.05. The zero-order valence-electron chi connectivity index (χ0n) is 24.2. The second kappa shape index (κ2) is 14.5. The minimum absolute atomic E-state index is 0.0751. The Labute approximate surface area is 243 Å². The molecule has 0 saturated heterocycles. The fourth-order valence-electron chi connectivity index (χ4n) is 4.08. The lowest BCUT2D eigenvalue weighted by Gasteiger charge is -2.32. The molecule has 3 rings (SSSR count). The van der Waals surface area contributed by atoms with Crippen LogP contribution in [-0.2, 0) is 32.8 Å². The third kappa shape index (κ3) is 9.24. The number of benzene rings is 3. The zero-order chi connectivity index (χ0) is 30.0. The Morgan fingerprint density at radius 2 is 1.56 bits per heavy atom. The Morgan fingerprint density at radius 1 is 0.902 bits per heavy atom. The van der Waals surface area contributed by atoms with E-state index in [1.54, 1.807) is 56.5 Å². The quantitative estimate of drug-likeness (QED) is 0.303. The van der Waals surface area contributed by atoms with E-state index in [2.05, 4.69) is 5.32 Å². The van der Waals surface area contributed by atoms with Crippen LogP contribution < -0.4 is 19.1 Å². The number of anilines is 1. The van der Waals surface area contributed by atoms with Crippen LogP contribution in [0.5, 0.6) is 11.5 Å². The number of nitrogens with zero attached hydrogens (tertiary/aromatic N) is 2. The number of ether oxygens (including phenoxy) is 2. The van der Waals surface area contributed by atoms with E-state index in [0.717, 1.165) is 28.1 Å². The zero-order valence-corrected chi connectivity index (χ0v) is 25.1. The minimum Gasteiger partial charge on any atom is -0.497 e. The van der Waals surface area contributed by atoms with Gasteiger partial charge in [-0.3, -0.25) is 13.9 Å². The van der Waals surface area contributed by atoms with Crippen LogP contribution in [0.1, 0.15) is 38.3 Å². The number of rotatable bonds is 14. The molecule has 2 atom stereocenters. The molecule has 2 amide bonds. The van der Waals surface area contributed by atoms with Crippen LogP contribution in [0.4, 0.5) is 5.69 Å². The van der Waals surface area contributed by atoms with E-state index in [4.69, 9.17) is 9.47 Å². The molecule has 3 aromatic rings. The lowest BCUT2D eigenvalue weighted by atomic mass is 10.1. The summed E-state index contributed by atoms with van der Waals surface area (Å²) in [6.07, 6.45) is 1.78. The molecule has 9 nitrogen and oxygen atoms in total. The summed E-state index contributed by atoms with van der Waals surface area (Å²) in [6, 6.07) is 22.5. The molecule has 0 radical (unpaired) electrons. The predicted molar refractivity (Wildman–Crippen MR) is 160 cm³/mol. The molecule has 0 fully saturated rings. The molecular weight excluding hydrogens is 542 g/mol. The van der Waals surface area contributed by atoms with Gasteiger partial charge in [-0.2, -0.15) is 0 Å². The number of nitrogens with one attached hydrogen (secondary N) is 1. The van der Waals surface area contributed by atoms with Crippen molar-refractivity contribution < 1.29 is 27.5 Å². The number of carbonyl (C=O) groups is 2. The van der Waals surface area contributed by atoms with Crippen molar-refractivity contribution in [2.75, 3.05) is 24.2 Å². The first-order valence-corrected chi connectivity index (χ1v) is 15.3. The number of methoxy groups -OCH3 is 1. The molecule has 0 spiro atoms. The second-order valence-corrected chi connectivity index (χ2v) is 11.8. The lowest BCUT2D eigenvalue weighted by Crippen LogP contribution is -2.52. The highest BCUT2D eigenvalue weighted by Gasteiger charge is 2.30. The first kappa shape index (κ1) is 31.5. The number of sulfonamides is 1. The highest BCUT2D eigenvalue weighted by molar-refractivity contribution is 7.92. The van der Waals surface area contributed by atoms with E-state index < -0.39 is 28.5 Å². The molecule has 0 aliphatic rings. The van der Waals surface area contributed by atoms with Gasteiger partial charge in [-0.05, 0) is 67.8 Å². The summed E-state index contributed by atoms with van der Waals surface area (Å²) in [4.78, 5) is 28.2. The fraction of sp³-hybridized carbons (Fsp3) is 0.355. The van der Waals surface area contributed by atoms with Gasteiger partial charge in [0.15, 0.2) is 0 Å². The van der Waals surface area contributed by atoms with Crippen molar-refractivity contribution >= 4 is 27.5 Å². The third-order valence-corrected chi connectivity index (χ3v) is 7.85. The van der Waals surface area contributed by atoms with Gasteiger partial charge in [-0.25, -0.2) is 8.42 Å². The van der Waals surface area contributed by atoms with Crippen LogP contribution in [0.3, 0.4) is 0 Å². The summed E-state index contributed by atoms with van der Waals surface area (Å²) in [5, 5.41) is 2.91. The molecule has 3 aromatic carbocycles. The number of hydrogen-bond donors (Lipinski definition) is 1. The van der Waals surface area contributed by atoms with Crippen molar-refractivity contribution in [3.05, 3.63) is 90.0 Å². The highest BCUT2D eigenvalue weighted by atomic mass is 32.2. The van der Waals surface area contributed by atoms with Gasteiger partial charge >= 0.3 is 0 Å². The van der Waals surface area contributed by atoms with E-state index in [0.29, 0.717) is 23.8 Å². The Morgan fingerprint density at radius 3 is 2.17 bits per heavy atom. The number of hydrogen-bond acceptors (Lipinski definition) is 6. The summed E-state index contributed by atoms with van der Waals surface area (Å²) in [7, 11) is -2.29. The Balaban J connectivity index is 1.83. The predicted octanol–water partition coefficient (Wildman–Crippen LogP) is 4.37. The van der Waals surface area contributed by atoms with Gasteiger partial charge in [0.25, 0.3) is 0 Å². The maximum Gasteiger partial charge on any atom is 0.244 e. The summed E-state index contributed by atoms with van der Waals surface area (Å²) < 4.78 is 37.9. The summed E-state index contributed by atoms with van der Waals surface area (Å²) in [5.41, 5.74) is 2.06. The third-order valence-electron chi connectivity index (χ3n) is 6.71. The fourth-order valence-corrected chi connectivity index (χ4v) is 4.93. The molecule has 0 aliphatic heterocycles. The van der Waals surface area contributed by atoms with Crippen LogP contribution in [0.25, 0.3) is 0 Å². The molecule has 0 heterocycles. The number of carbonyl (C=O) groups excluding carboxylic acids is 2. The van der Waals surface area contributed by atoms with Crippen LogP contribution >= 0.6 is 0 Å². The van der Waals surface area contributed by atoms with Crippen molar-refractivity contribution in [3.8, 4) is 11.5 Å². The first-order chi connectivity index (χ1) is 19.5. The number of amides is 2. The monoisotopic (exact) mass is 581 g/mol. The Kier molecular flexibility index (Phi) is 11.2. The standard InChI is InChI=1S/C31H39N3O6S/c1-6-23(2)32-31(36)24(3)33(20-26-13-10-14-29(19-26)39-4)30(35)21-34(41(5,37)38)27-15-17-28(18-16-27)40-22-25-11-8-7-9-12-25/h7-19,23-24H,6,20-22H2,1-5H3,(H,32,36)/t23-,24+/m0/s1. The normalized spacial score (nSPS) is 12.6. The molecule has 41 heavy (non-hydrogen) atoms. The van der Waals surface area contributed by atoms with Crippen molar-refractivity contribution in [1.82, 2.24) is 10.2 Å². The van der Waals surface area contributed by atoms with Crippen molar-refractivity contribution in [1.29, 1.82) is 0 Å². The van der Waals surface area contributed by atoms with E-state index in [1.807, 2.05) is 50.2 Å². The van der Waals surface area contributed by atoms with Crippen LogP contribution in [-0.4, -0.2) is 57.1 Å². The molecule has 0 bridgehead atoms. The van der Waals surface area contributed by atoms with E-state index in [1.165, 1.54) is 4.90 Å². The molecule has 0 aliphatic carbocycles. The van der Waals surface area contributed by atoms with Crippen molar-refractivity contribution in [2.45, 2.75) is 52.4 Å². The van der Waals surface area contributed by atoms with Crippen molar-refractivity contribution in [3.63, 3.8) is 0 Å². The van der Waals surface area contributed by atoms with Gasteiger partial charge in [0.2, 0.25) is 21.8 Å². The van der Waals surface area contributed by atoms with Crippen LogP contribution in [0.2, 0.25) is 0 Å². The molecule has 10 heteroatoms. The summed E-state index contributed by atoms with van der Waals surface area (Å²) >= 11 is 0. The summed E-state index contributed by atoms with van der Waals surface area (Å²) in [6.45, 7) is 5.46.